The van der Waals surface area contributed by atoms with Gasteiger partial charge in [-0.3, -0.25) is 4.79 Å². The molecule has 2 rings (SSSR count). The zero-order chi connectivity index (χ0) is 9.26. The Bertz CT molecular complexity index is 412. The van der Waals surface area contributed by atoms with E-state index < -0.39 is 0 Å². The van der Waals surface area contributed by atoms with Crippen molar-refractivity contribution in [3.05, 3.63) is 35.7 Å². The second-order valence-electron chi connectivity index (χ2n) is 2.86. The molecule has 0 aliphatic rings. The number of H-pyrrole nitrogens is 1. The Kier molecular flexibility index (Phi) is 1.77. The number of hydrogen-bond donors (Lipinski definition) is 1. The van der Waals surface area contributed by atoms with E-state index in [1.807, 2.05) is 19.1 Å². The largest absolute Gasteiger partial charge is 0.463 e. The van der Waals surface area contributed by atoms with E-state index >= 15 is 0 Å². The monoisotopic (exact) mass is 175 g/mol. The van der Waals surface area contributed by atoms with Gasteiger partial charge >= 0.3 is 0 Å². The van der Waals surface area contributed by atoms with Gasteiger partial charge in [0, 0.05) is 11.3 Å². The minimum atomic E-state index is 0.673. The third-order valence-electron chi connectivity index (χ3n) is 1.97. The van der Waals surface area contributed by atoms with Crippen molar-refractivity contribution in [1.29, 1.82) is 0 Å². The second-order valence-corrected chi connectivity index (χ2v) is 2.86. The standard InChI is InChI=1S/C10H9NO2/c1-7-8(6-12)5-9(11-7)10-3-2-4-13-10/h2-6,11H,1H3. The summed E-state index contributed by atoms with van der Waals surface area (Å²) in [5, 5.41) is 0. The maximum Gasteiger partial charge on any atom is 0.151 e. The number of carbonyl (C=O) groups excluding carboxylic acids is 1. The smallest absolute Gasteiger partial charge is 0.151 e. The molecule has 66 valence electrons. The van der Waals surface area contributed by atoms with Gasteiger partial charge in [0.15, 0.2) is 6.29 Å². The predicted molar refractivity (Wildman–Crippen MR) is 48.6 cm³/mol. The molecule has 2 heterocycles. The molecule has 0 atom stereocenters. The van der Waals surface area contributed by atoms with Crippen LogP contribution in [0.15, 0.2) is 28.9 Å². The Morgan fingerprint density at radius 2 is 2.38 bits per heavy atom. The molecule has 2 aromatic rings. The molecule has 0 radical (unpaired) electrons. The van der Waals surface area contributed by atoms with Crippen LogP contribution in [0.5, 0.6) is 0 Å². The number of aldehydes is 1. The van der Waals surface area contributed by atoms with Crippen molar-refractivity contribution in [2.75, 3.05) is 0 Å². The van der Waals surface area contributed by atoms with E-state index in [-0.39, 0.29) is 0 Å². The van der Waals surface area contributed by atoms with Crippen molar-refractivity contribution >= 4 is 6.29 Å². The summed E-state index contributed by atoms with van der Waals surface area (Å²) in [7, 11) is 0. The van der Waals surface area contributed by atoms with Crippen molar-refractivity contribution in [2.24, 2.45) is 0 Å². The van der Waals surface area contributed by atoms with Crippen LogP contribution in [0.1, 0.15) is 16.1 Å². The first kappa shape index (κ1) is 7.86. The molecule has 0 fully saturated rings. The van der Waals surface area contributed by atoms with E-state index in [0.29, 0.717) is 5.56 Å². The summed E-state index contributed by atoms with van der Waals surface area (Å²) in [5.41, 5.74) is 2.37. The number of aromatic amines is 1. The lowest BCUT2D eigenvalue weighted by molar-refractivity contribution is 0.112. The van der Waals surface area contributed by atoms with Crippen LogP contribution in [0, 0.1) is 6.92 Å². The van der Waals surface area contributed by atoms with E-state index in [0.717, 1.165) is 23.4 Å². The Morgan fingerprint density at radius 1 is 1.54 bits per heavy atom. The first-order valence-electron chi connectivity index (χ1n) is 4.00. The number of furan rings is 1. The fraction of sp³-hybridized carbons (Fsp3) is 0.100. The quantitative estimate of drug-likeness (QED) is 0.712. The topological polar surface area (TPSA) is 46.0 Å². The molecule has 0 amide bonds. The third kappa shape index (κ3) is 1.28. The summed E-state index contributed by atoms with van der Waals surface area (Å²) >= 11 is 0. The van der Waals surface area contributed by atoms with Gasteiger partial charge in [-0.15, -0.1) is 0 Å². The number of aromatic nitrogens is 1. The lowest BCUT2D eigenvalue weighted by Crippen LogP contribution is -1.77. The van der Waals surface area contributed by atoms with E-state index in [2.05, 4.69) is 4.98 Å². The molecule has 0 aliphatic heterocycles. The van der Waals surface area contributed by atoms with E-state index in [4.69, 9.17) is 4.42 Å². The lowest BCUT2D eigenvalue weighted by Gasteiger charge is -1.88. The molecule has 0 saturated heterocycles. The zero-order valence-electron chi connectivity index (χ0n) is 7.20. The van der Waals surface area contributed by atoms with E-state index in [1.165, 1.54) is 0 Å². The molecular formula is C10H9NO2. The molecule has 3 heteroatoms. The maximum absolute atomic E-state index is 10.6. The number of hydrogen-bond acceptors (Lipinski definition) is 2. The van der Waals surface area contributed by atoms with Crippen molar-refractivity contribution in [3.63, 3.8) is 0 Å². The van der Waals surface area contributed by atoms with Crippen LogP contribution in [0.2, 0.25) is 0 Å². The number of carbonyl (C=O) groups is 1. The Balaban J connectivity index is 2.48. The fourth-order valence-corrected chi connectivity index (χ4v) is 1.26. The van der Waals surface area contributed by atoms with Gasteiger partial charge in [0.2, 0.25) is 0 Å². The summed E-state index contributed by atoms with van der Waals surface area (Å²) in [5.74, 6) is 0.746. The molecule has 1 N–H and O–H groups in total. The van der Waals surface area contributed by atoms with Crippen molar-refractivity contribution in [2.45, 2.75) is 6.92 Å². The molecular weight excluding hydrogens is 166 g/mol. The van der Waals surface area contributed by atoms with Crippen molar-refractivity contribution in [3.8, 4) is 11.5 Å². The molecule has 0 saturated carbocycles. The highest BCUT2D eigenvalue weighted by atomic mass is 16.3. The average molecular weight is 175 g/mol. The molecule has 0 aromatic carbocycles. The molecule has 0 spiro atoms. The van der Waals surface area contributed by atoms with Crippen LogP contribution in [0.25, 0.3) is 11.5 Å². The maximum atomic E-state index is 10.6. The van der Waals surface area contributed by atoms with Gasteiger partial charge in [0.1, 0.15) is 5.76 Å². The highest BCUT2D eigenvalue weighted by Gasteiger charge is 2.06. The van der Waals surface area contributed by atoms with Crippen LogP contribution < -0.4 is 0 Å². The molecule has 0 unspecified atom stereocenters. The van der Waals surface area contributed by atoms with Crippen molar-refractivity contribution < 1.29 is 9.21 Å². The van der Waals surface area contributed by atoms with Gasteiger partial charge < -0.3 is 9.40 Å². The van der Waals surface area contributed by atoms with Gasteiger partial charge in [-0.25, -0.2) is 0 Å². The van der Waals surface area contributed by atoms with Gasteiger partial charge in [-0.1, -0.05) is 0 Å². The summed E-state index contributed by atoms with van der Waals surface area (Å²) in [6.07, 6.45) is 2.43. The Hall–Kier alpha value is -1.77. The second kappa shape index (κ2) is 2.94. The lowest BCUT2D eigenvalue weighted by atomic mass is 10.2. The third-order valence-corrected chi connectivity index (χ3v) is 1.97. The van der Waals surface area contributed by atoms with Crippen LogP contribution in [0.4, 0.5) is 0 Å². The zero-order valence-corrected chi connectivity index (χ0v) is 7.20. The highest BCUT2D eigenvalue weighted by molar-refractivity contribution is 5.79. The highest BCUT2D eigenvalue weighted by Crippen LogP contribution is 2.20. The molecule has 13 heavy (non-hydrogen) atoms. The summed E-state index contributed by atoms with van der Waals surface area (Å²) in [6.45, 7) is 1.86. The number of aryl methyl sites for hydroxylation is 1. The first-order valence-corrected chi connectivity index (χ1v) is 4.00. The van der Waals surface area contributed by atoms with E-state index in [9.17, 15) is 4.79 Å². The molecule has 2 aromatic heterocycles. The van der Waals surface area contributed by atoms with Crippen LogP contribution in [-0.4, -0.2) is 11.3 Å². The summed E-state index contributed by atoms with van der Waals surface area (Å²) in [4.78, 5) is 13.6. The predicted octanol–water partition coefficient (Wildman–Crippen LogP) is 2.40. The molecule has 0 bridgehead atoms. The molecule has 3 nitrogen and oxygen atoms in total. The van der Waals surface area contributed by atoms with E-state index in [1.54, 1.807) is 12.3 Å². The van der Waals surface area contributed by atoms with Gasteiger partial charge in [0.05, 0.1) is 12.0 Å². The van der Waals surface area contributed by atoms with Crippen LogP contribution in [-0.2, 0) is 0 Å². The SMILES string of the molecule is Cc1[nH]c(-c2ccco2)cc1C=O. The Labute approximate surface area is 75.4 Å². The average Bonchev–Trinajstić information content (AvgIpc) is 2.71. The minimum absolute atomic E-state index is 0.673. The first-order chi connectivity index (χ1) is 6.31. The van der Waals surface area contributed by atoms with Gasteiger partial charge in [-0.05, 0) is 25.1 Å². The van der Waals surface area contributed by atoms with Crippen LogP contribution >= 0.6 is 0 Å². The minimum Gasteiger partial charge on any atom is -0.463 e. The normalized spacial score (nSPS) is 10.2. The number of rotatable bonds is 2. The fourth-order valence-electron chi connectivity index (χ4n) is 1.26. The molecule has 0 aliphatic carbocycles. The number of nitrogens with one attached hydrogen (secondary N) is 1. The Morgan fingerprint density at radius 3 is 2.92 bits per heavy atom. The van der Waals surface area contributed by atoms with Gasteiger partial charge in [-0.2, -0.15) is 0 Å². The van der Waals surface area contributed by atoms with Crippen molar-refractivity contribution in [1.82, 2.24) is 4.98 Å². The van der Waals surface area contributed by atoms with Gasteiger partial charge in [0.25, 0.3) is 0 Å². The van der Waals surface area contributed by atoms with Crippen LogP contribution in [0.3, 0.4) is 0 Å². The summed E-state index contributed by atoms with van der Waals surface area (Å²) in [6, 6.07) is 5.44. The summed E-state index contributed by atoms with van der Waals surface area (Å²) < 4.78 is 5.19.